The average Bonchev–Trinajstić information content (AvgIpc) is 2.42. The Morgan fingerprint density at radius 3 is 2.30 bits per heavy atom. The lowest BCUT2D eigenvalue weighted by atomic mass is 9.77. The smallest absolute Gasteiger partial charge is 0.0805 e. The maximum atomic E-state index is 5.88. The van der Waals surface area contributed by atoms with Crippen LogP contribution in [-0.2, 0) is 4.74 Å². The number of nitrogens with zero attached hydrogens (tertiary/aromatic N) is 1. The number of methoxy groups -OCH3 is 1. The molecule has 1 atom stereocenters. The zero-order valence-electron chi connectivity index (χ0n) is 14.2. The van der Waals surface area contributed by atoms with E-state index < -0.39 is 0 Å². The predicted molar refractivity (Wildman–Crippen MR) is 85.1 cm³/mol. The van der Waals surface area contributed by atoms with Gasteiger partial charge in [0.15, 0.2) is 0 Å². The lowest BCUT2D eigenvalue weighted by Gasteiger charge is -2.53. The van der Waals surface area contributed by atoms with Crippen molar-refractivity contribution >= 4 is 0 Å². The Morgan fingerprint density at radius 2 is 1.90 bits per heavy atom. The van der Waals surface area contributed by atoms with E-state index in [0.29, 0.717) is 17.5 Å². The normalized spacial score (nSPS) is 29.4. The van der Waals surface area contributed by atoms with Gasteiger partial charge in [0, 0.05) is 38.3 Å². The van der Waals surface area contributed by atoms with Crippen molar-refractivity contribution in [2.24, 2.45) is 5.92 Å². The zero-order chi connectivity index (χ0) is 14.8. The van der Waals surface area contributed by atoms with Gasteiger partial charge in [-0.25, -0.2) is 0 Å². The molecule has 1 saturated heterocycles. The first kappa shape index (κ1) is 16.3. The second-order valence-electron chi connectivity index (χ2n) is 7.33. The van der Waals surface area contributed by atoms with E-state index in [2.05, 4.69) is 37.9 Å². The third kappa shape index (κ3) is 3.05. The van der Waals surface area contributed by atoms with Gasteiger partial charge in [-0.1, -0.05) is 27.7 Å². The first-order valence-corrected chi connectivity index (χ1v) is 8.54. The maximum Gasteiger partial charge on any atom is 0.0805 e. The lowest BCUT2D eigenvalue weighted by molar-refractivity contribution is -0.110. The Kier molecular flexibility index (Phi) is 5.14. The van der Waals surface area contributed by atoms with E-state index in [1.807, 2.05) is 7.11 Å². The van der Waals surface area contributed by atoms with E-state index >= 15 is 0 Å². The molecule has 2 fully saturated rings. The predicted octanol–water partition coefficient (Wildman–Crippen LogP) is 3.04. The Labute approximate surface area is 125 Å². The molecule has 0 spiro atoms. The number of rotatable bonds is 6. The van der Waals surface area contributed by atoms with Crippen molar-refractivity contribution in [3.8, 4) is 0 Å². The van der Waals surface area contributed by atoms with Crippen LogP contribution in [0.2, 0.25) is 0 Å². The second kappa shape index (κ2) is 6.33. The highest BCUT2D eigenvalue weighted by Crippen LogP contribution is 2.38. The summed E-state index contributed by atoms with van der Waals surface area (Å²) in [5.74, 6) is 0.697. The molecular weight excluding hydrogens is 248 g/mol. The number of ether oxygens (including phenoxy) is 1. The minimum absolute atomic E-state index is 0.150. The number of piperazine rings is 1. The van der Waals surface area contributed by atoms with Gasteiger partial charge in [-0.3, -0.25) is 4.90 Å². The minimum atomic E-state index is 0.150. The number of hydrogen-bond donors (Lipinski definition) is 1. The van der Waals surface area contributed by atoms with Crippen LogP contribution in [0.4, 0.5) is 0 Å². The molecule has 2 rings (SSSR count). The molecular formula is C17H34N2O. The van der Waals surface area contributed by atoms with Crippen molar-refractivity contribution in [1.29, 1.82) is 0 Å². The zero-order valence-corrected chi connectivity index (χ0v) is 14.2. The Hall–Kier alpha value is -0.120. The van der Waals surface area contributed by atoms with Crippen molar-refractivity contribution in [3.05, 3.63) is 0 Å². The molecule has 0 aromatic heterocycles. The quantitative estimate of drug-likeness (QED) is 0.810. The van der Waals surface area contributed by atoms with Gasteiger partial charge in [-0.2, -0.15) is 0 Å². The van der Waals surface area contributed by atoms with E-state index in [0.717, 1.165) is 13.1 Å². The monoisotopic (exact) mass is 282 g/mol. The second-order valence-corrected chi connectivity index (χ2v) is 7.33. The van der Waals surface area contributed by atoms with Crippen molar-refractivity contribution in [2.45, 2.75) is 77.0 Å². The van der Waals surface area contributed by atoms with Gasteiger partial charge >= 0.3 is 0 Å². The highest BCUT2D eigenvalue weighted by Gasteiger charge is 2.44. The van der Waals surface area contributed by atoms with Crippen molar-refractivity contribution in [1.82, 2.24) is 10.2 Å². The van der Waals surface area contributed by atoms with Crippen LogP contribution >= 0.6 is 0 Å². The largest absolute Gasteiger partial charge is 0.377 e. The summed E-state index contributed by atoms with van der Waals surface area (Å²) in [4.78, 5) is 2.73. The molecule has 1 heterocycles. The van der Waals surface area contributed by atoms with Gasteiger partial charge in [0.2, 0.25) is 0 Å². The summed E-state index contributed by atoms with van der Waals surface area (Å²) in [5.41, 5.74) is 0.460. The lowest BCUT2D eigenvalue weighted by Crippen LogP contribution is -2.67. The summed E-state index contributed by atoms with van der Waals surface area (Å²) >= 11 is 0. The molecule has 3 heteroatoms. The summed E-state index contributed by atoms with van der Waals surface area (Å²) in [6, 6.07) is 0.647. The highest BCUT2D eigenvalue weighted by atomic mass is 16.5. The Balaban J connectivity index is 2.10. The third-order valence-electron chi connectivity index (χ3n) is 5.97. The molecule has 0 aromatic carbocycles. The van der Waals surface area contributed by atoms with Crippen molar-refractivity contribution in [2.75, 3.05) is 26.7 Å². The standard InChI is InChI=1S/C17H34N2O/c1-6-16(7-2)12-19(15(11-18-16)14(3)4)13-17(20-5)9-8-10-17/h14-15,18H,6-13H2,1-5H3. The van der Waals surface area contributed by atoms with E-state index in [9.17, 15) is 0 Å². The minimum Gasteiger partial charge on any atom is -0.377 e. The van der Waals surface area contributed by atoms with Gasteiger partial charge < -0.3 is 10.1 Å². The fourth-order valence-electron chi connectivity index (χ4n) is 3.93. The number of hydrogen-bond acceptors (Lipinski definition) is 3. The summed E-state index contributed by atoms with van der Waals surface area (Å²) in [5, 5.41) is 3.85. The summed E-state index contributed by atoms with van der Waals surface area (Å²) in [6.07, 6.45) is 6.24. The Morgan fingerprint density at radius 1 is 1.25 bits per heavy atom. The van der Waals surface area contributed by atoms with Crippen LogP contribution in [0.1, 0.15) is 59.8 Å². The molecule has 1 aliphatic heterocycles. The molecule has 1 aliphatic carbocycles. The first-order valence-electron chi connectivity index (χ1n) is 8.54. The highest BCUT2D eigenvalue weighted by molar-refractivity contribution is 5.01. The number of nitrogens with one attached hydrogen (secondary N) is 1. The maximum absolute atomic E-state index is 5.88. The van der Waals surface area contributed by atoms with Crippen LogP contribution in [0, 0.1) is 5.92 Å². The fourth-order valence-corrected chi connectivity index (χ4v) is 3.93. The molecule has 118 valence electrons. The van der Waals surface area contributed by atoms with Crippen LogP contribution in [0.3, 0.4) is 0 Å². The molecule has 20 heavy (non-hydrogen) atoms. The van der Waals surface area contributed by atoms with Crippen molar-refractivity contribution in [3.63, 3.8) is 0 Å². The van der Waals surface area contributed by atoms with Gasteiger partial charge in [0.1, 0.15) is 0 Å². The van der Waals surface area contributed by atoms with Gasteiger partial charge in [0.05, 0.1) is 5.60 Å². The molecule has 2 aliphatic rings. The van der Waals surface area contributed by atoms with Crippen LogP contribution < -0.4 is 5.32 Å². The average molecular weight is 282 g/mol. The molecule has 3 nitrogen and oxygen atoms in total. The van der Waals surface area contributed by atoms with Crippen LogP contribution in [-0.4, -0.2) is 48.8 Å². The van der Waals surface area contributed by atoms with E-state index in [1.165, 1.54) is 38.6 Å². The summed E-state index contributed by atoms with van der Waals surface area (Å²) in [7, 11) is 1.90. The van der Waals surface area contributed by atoms with E-state index in [1.54, 1.807) is 0 Å². The molecule has 1 N–H and O–H groups in total. The third-order valence-corrected chi connectivity index (χ3v) is 5.97. The van der Waals surface area contributed by atoms with Gasteiger partial charge in [-0.15, -0.1) is 0 Å². The molecule has 1 saturated carbocycles. The molecule has 0 radical (unpaired) electrons. The van der Waals surface area contributed by atoms with Gasteiger partial charge in [-0.05, 0) is 38.0 Å². The molecule has 1 unspecified atom stereocenters. The summed E-state index contributed by atoms with van der Waals surface area (Å²) in [6.45, 7) is 12.8. The Bertz CT molecular complexity index is 301. The fraction of sp³-hybridized carbons (Fsp3) is 1.00. The van der Waals surface area contributed by atoms with Crippen LogP contribution in [0.15, 0.2) is 0 Å². The first-order chi connectivity index (χ1) is 9.50. The van der Waals surface area contributed by atoms with Crippen LogP contribution in [0.25, 0.3) is 0 Å². The molecule has 0 bridgehead atoms. The van der Waals surface area contributed by atoms with Crippen molar-refractivity contribution < 1.29 is 4.74 Å². The van der Waals surface area contributed by atoms with E-state index in [-0.39, 0.29) is 5.60 Å². The SMILES string of the molecule is CCC1(CC)CN(CC2(OC)CCC2)C(C(C)C)CN1. The van der Waals surface area contributed by atoms with Gasteiger partial charge in [0.25, 0.3) is 0 Å². The topological polar surface area (TPSA) is 24.5 Å². The molecule has 0 aromatic rings. The summed E-state index contributed by atoms with van der Waals surface area (Å²) < 4.78 is 5.88. The van der Waals surface area contributed by atoms with Crippen LogP contribution in [0.5, 0.6) is 0 Å². The van der Waals surface area contributed by atoms with E-state index in [4.69, 9.17) is 4.74 Å². The molecule has 0 amide bonds.